The van der Waals surface area contributed by atoms with E-state index in [4.69, 9.17) is 9.47 Å². The molecular formula is C15H20NO7P. The number of nitrogens with zero attached hydrogens (tertiary/aromatic N) is 1. The molecule has 132 valence electrons. The van der Waals surface area contributed by atoms with E-state index >= 15 is 0 Å². The first kappa shape index (κ1) is 18.4. The zero-order valence-electron chi connectivity index (χ0n) is 14.2. The van der Waals surface area contributed by atoms with Gasteiger partial charge in [-0.2, -0.15) is 0 Å². The van der Waals surface area contributed by atoms with Gasteiger partial charge in [0.05, 0.1) is 0 Å². The van der Waals surface area contributed by atoms with Crippen LogP contribution in [0.1, 0.15) is 19.4 Å². The summed E-state index contributed by atoms with van der Waals surface area (Å²) in [5.74, 6) is 0.644. The predicted molar refractivity (Wildman–Crippen MR) is 85.7 cm³/mol. The molecule has 0 saturated heterocycles. The zero-order valence-corrected chi connectivity index (χ0v) is 15.1. The third kappa shape index (κ3) is 3.45. The summed E-state index contributed by atoms with van der Waals surface area (Å²) in [5, 5.41) is 0. The molecule has 0 N–H and O–H groups in total. The number of amides is 2. The van der Waals surface area contributed by atoms with Gasteiger partial charge in [-0.05, 0) is 19.9 Å². The van der Waals surface area contributed by atoms with E-state index in [1.165, 1.54) is 0 Å². The average molecular weight is 357 g/mol. The fourth-order valence-electron chi connectivity index (χ4n) is 2.32. The van der Waals surface area contributed by atoms with E-state index in [0.29, 0.717) is 17.1 Å². The maximum atomic E-state index is 12.2. The van der Waals surface area contributed by atoms with Crippen molar-refractivity contribution in [2.75, 3.05) is 21.3 Å². The Balaban J connectivity index is 2.19. The average Bonchev–Trinajstić information content (AvgIpc) is 2.87. The molecule has 9 heteroatoms. The van der Waals surface area contributed by atoms with Crippen LogP contribution in [0.5, 0.6) is 11.5 Å². The fourth-order valence-corrected chi connectivity index (χ4v) is 3.23. The SMILES string of the molecule is COP(=O)(OC)C(=O)N(C)C(=O)Oc1cccc2c1OC(C)(C)C2. The van der Waals surface area contributed by atoms with Crippen LogP contribution in [-0.4, -0.2) is 43.5 Å². The lowest BCUT2D eigenvalue weighted by Crippen LogP contribution is -2.35. The van der Waals surface area contributed by atoms with Crippen LogP contribution in [0.15, 0.2) is 18.2 Å². The van der Waals surface area contributed by atoms with Gasteiger partial charge in [0, 0.05) is 33.3 Å². The van der Waals surface area contributed by atoms with Gasteiger partial charge in [-0.15, -0.1) is 0 Å². The summed E-state index contributed by atoms with van der Waals surface area (Å²) in [4.78, 5) is 24.8. The molecule has 0 fully saturated rings. The first-order valence-corrected chi connectivity index (χ1v) is 8.70. The Hall–Kier alpha value is -1.89. The van der Waals surface area contributed by atoms with E-state index in [1.54, 1.807) is 12.1 Å². The minimum Gasteiger partial charge on any atom is -0.483 e. The maximum Gasteiger partial charge on any atom is 0.422 e. The summed E-state index contributed by atoms with van der Waals surface area (Å²) < 4.78 is 32.2. The highest BCUT2D eigenvalue weighted by molar-refractivity contribution is 7.71. The first-order chi connectivity index (χ1) is 11.1. The van der Waals surface area contributed by atoms with Crippen molar-refractivity contribution >= 4 is 19.3 Å². The van der Waals surface area contributed by atoms with Crippen LogP contribution in [0.2, 0.25) is 0 Å². The number of benzene rings is 1. The van der Waals surface area contributed by atoms with Crippen LogP contribution >= 0.6 is 7.60 Å². The number of para-hydroxylation sites is 1. The molecule has 8 nitrogen and oxygen atoms in total. The number of rotatable bonds is 4. The molecule has 1 aromatic rings. The van der Waals surface area contributed by atoms with Crippen molar-refractivity contribution in [2.45, 2.75) is 25.9 Å². The molecule has 0 spiro atoms. The van der Waals surface area contributed by atoms with Crippen molar-refractivity contribution in [1.82, 2.24) is 4.90 Å². The molecule has 24 heavy (non-hydrogen) atoms. The molecule has 1 heterocycles. The Labute approximate surface area is 140 Å². The van der Waals surface area contributed by atoms with E-state index in [2.05, 4.69) is 9.05 Å². The number of hydrogen-bond donors (Lipinski definition) is 0. The second-order valence-electron chi connectivity index (χ2n) is 5.86. The van der Waals surface area contributed by atoms with Gasteiger partial charge < -0.3 is 18.5 Å². The van der Waals surface area contributed by atoms with Gasteiger partial charge >= 0.3 is 19.3 Å². The van der Waals surface area contributed by atoms with Gasteiger partial charge in [-0.25, -0.2) is 14.3 Å². The summed E-state index contributed by atoms with van der Waals surface area (Å²) in [6, 6.07) is 5.16. The summed E-state index contributed by atoms with van der Waals surface area (Å²) >= 11 is 0. The largest absolute Gasteiger partial charge is 0.483 e. The Bertz CT molecular complexity index is 708. The van der Waals surface area contributed by atoms with Crippen molar-refractivity contribution in [3.05, 3.63) is 23.8 Å². The lowest BCUT2D eigenvalue weighted by molar-refractivity contribution is 0.130. The molecule has 0 aromatic heterocycles. The highest BCUT2D eigenvalue weighted by Crippen LogP contribution is 2.49. The van der Waals surface area contributed by atoms with Gasteiger partial charge in [-0.1, -0.05) is 12.1 Å². The number of fused-ring (bicyclic) bond motifs is 1. The molecule has 0 aliphatic carbocycles. The molecule has 2 amide bonds. The van der Waals surface area contributed by atoms with E-state index in [9.17, 15) is 14.2 Å². The molecule has 1 aromatic carbocycles. The van der Waals surface area contributed by atoms with Gasteiger partial charge in [0.2, 0.25) is 0 Å². The van der Waals surface area contributed by atoms with Crippen molar-refractivity contribution in [3.63, 3.8) is 0 Å². The lowest BCUT2D eigenvalue weighted by Gasteiger charge is -2.20. The quantitative estimate of drug-likeness (QED) is 0.762. The minimum absolute atomic E-state index is 0.187. The predicted octanol–water partition coefficient (Wildman–Crippen LogP) is 3.44. The Morgan fingerprint density at radius 3 is 2.46 bits per heavy atom. The Morgan fingerprint density at radius 2 is 1.88 bits per heavy atom. The smallest absolute Gasteiger partial charge is 0.422 e. The fraction of sp³-hybridized carbons (Fsp3) is 0.467. The highest BCUT2D eigenvalue weighted by Gasteiger charge is 2.39. The van der Waals surface area contributed by atoms with E-state index in [-0.39, 0.29) is 5.75 Å². The van der Waals surface area contributed by atoms with Crippen LogP contribution in [0, 0.1) is 0 Å². The van der Waals surface area contributed by atoms with Gasteiger partial charge in [0.15, 0.2) is 11.5 Å². The first-order valence-electron chi connectivity index (χ1n) is 7.16. The molecule has 2 rings (SSSR count). The summed E-state index contributed by atoms with van der Waals surface area (Å²) in [5.41, 5.74) is -0.626. The van der Waals surface area contributed by atoms with Crippen molar-refractivity contribution < 1.29 is 32.7 Å². The Kier molecular flexibility index (Phi) is 5.03. The second kappa shape index (κ2) is 6.55. The summed E-state index contributed by atoms with van der Waals surface area (Å²) in [7, 11) is -0.827. The van der Waals surface area contributed by atoms with Crippen LogP contribution in [0.25, 0.3) is 0 Å². The topological polar surface area (TPSA) is 91.4 Å². The normalized spacial score (nSPS) is 15.4. The summed E-state index contributed by atoms with van der Waals surface area (Å²) in [6.07, 6.45) is -0.346. The maximum absolute atomic E-state index is 12.2. The third-order valence-corrected chi connectivity index (χ3v) is 5.26. The van der Waals surface area contributed by atoms with Gasteiger partial charge in [-0.3, -0.25) is 4.79 Å². The van der Waals surface area contributed by atoms with Crippen molar-refractivity contribution in [2.24, 2.45) is 0 Å². The van der Waals surface area contributed by atoms with Crippen LogP contribution < -0.4 is 9.47 Å². The molecule has 0 unspecified atom stereocenters. The molecule has 1 aliphatic rings. The minimum atomic E-state index is -4.07. The molecule has 0 radical (unpaired) electrons. The summed E-state index contributed by atoms with van der Waals surface area (Å²) in [6.45, 7) is 3.84. The van der Waals surface area contributed by atoms with Crippen LogP contribution in [-0.2, 0) is 20.0 Å². The molecule has 1 aliphatic heterocycles. The van der Waals surface area contributed by atoms with Gasteiger partial charge in [0.25, 0.3) is 0 Å². The van der Waals surface area contributed by atoms with E-state index < -0.39 is 24.9 Å². The number of carbonyl (C=O) groups is 2. The van der Waals surface area contributed by atoms with Crippen molar-refractivity contribution in [3.8, 4) is 11.5 Å². The van der Waals surface area contributed by atoms with Crippen molar-refractivity contribution in [1.29, 1.82) is 0 Å². The monoisotopic (exact) mass is 357 g/mol. The molecule has 0 saturated carbocycles. The lowest BCUT2D eigenvalue weighted by atomic mass is 10.0. The van der Waals surface area contributed by atoms with Crippen LogP contribution in [0.3, 0.4) is 0 Å². The zero-order chi connectivity index (χ0) is 18.1. The number of ether oxygens (including phenoxy) is 2. The van der Waals surface area contributed by atoms with Gasteiger partial charge in [0.1, 0.15) is 5.60 Å². The van der Waals surface area contributed by atoms with E-state index in [1.807, 2.05) is 19.9 Å². The molecule has 0 atom stereocenters. The standard InChI is InChI=1S/C15H20NO7P/c1-15(2)9-10-7-6-8-11(12(10)23-15)22-13(17)16(3)14(18)24(19,20-4)21-5/h6-8H,9H2,1-5H3. The number of carbonyl (C=O) groups excluding carboxylic acids is 2. The van der Waals surface area contributed by atoms with Crippen LogP contribution in [0.4, 0.5) is 9.59 Å². The third-order valence-electron chi connectivity index (χ3n) is 3.53. The van der Waals surface area contributed by atoms with E-state index in [0.717, 1.165) is 26.8 Å². The molecule has 0 bridgehead atoms. The second-order valence-corrected chi connectivity index (χ2v) is 7.96. The molecular weight excluding hydrogens is 337 g/mol. The number of hydrogen-bond acceptors (Lipinski definition) is 7. The number of imide groups is 1. The Morgan fingerprint density at radius 1 is 1.25 bits per heavy atom. The highest BCUT2D eigenvalue weighted by atomic mass is 31.2.